The van der Waals surface area contributed by atoms with Gasteiger partial charge in [0.2, 0.25) is 11.8 Å². The molecule has 0 spiro atoms. The van der Waals surface area contributed by atoms with Gasteiger partial charge in [-0.2, -0.15) is 0 Å². The Morgan fingerprint density at radius 1 is 1.24 bits per heavy atom. The number of aliphatic hydroxyl groups excluding tert-OH is 1. The second kappa shape index (κ2) is 7.75. The Labute approximate surface area is 123 Å². The standard InChI is InChI=1S/C15H20N2O4/c18-11-13(15(20)17-6-8-21-9-7-17)16-14(19)10-12-4-2-1-3-5-12/h1-5,13,18H,6-11H2,(H,16,19). The number of amides is 2. The fourth-order valence-electron chi connectivity index (χ4n) is 2.22. The molecule has 1 aliphatic rings. The molecule has 0 aliphatic carbocycles. The van der Waals surface area contributed by atoms with Gasteiger partial charge in [-0.15, -0.1) is 0 Å². The van der Waals surface area contributed by atoms with Crippen molar-refractivity contribution in [1.82, 2.24) is 10.2 Å². The summed E-state index contributed by atoms with van der Waals surface area (Å²) in [7, 11) is 0. The van der Waals surface area contributed by atoms with Gasteiger partial charge in [0, 0.05) is 13.1 Å². The molecule has 2 amide bonds. The Morgan fingerprint density at radius 2 is 1.90 bits per heavy atom. The number of hydrogen-bond donors (Lipinski definition) is 2. The molecule has 2 N–H and O–H groups in total. The summed E-state index contributed by atoms with van der Waals surface area (Å²) in [5.74, 6) is -0.538. The number of morpholine rings is 1. The highest BCUT2D eigenvalue weighted by atomic mass is 16.5. The average Bonchev–Trinajstić information content (AvgIpc) is 2.53. The minimum atomic E-state index is -0.890. The van der Waals surface area contributed by atoms with Gasteiger partial charge < -0.3 is 20.1 Å². The Bertz CT molecular complexity index is 472. The van der Waals surface area contributed by atoms with E-state index in [-0.39, 0.29) is 18.2 Å². The number of carbonyl (C=O) groups excluding carboxylic acids is 2. The molecule has 1 saturated heterocycles. The highest BCUT2D eigenvalue weighted by molar-refractivity contribution is 5.88. The van der Waals surface area contributed by atoms with Crippen LogP contribution >= 0.6 is 0 Å². The molecule has 0 bridgehead atoms. The number of hydrogen-bond acceptors (Lipinski definition) is 4. The van der Waals surface area contributed by atoms with Gasteiger partial charge in [0.15, 0.2) is 0 Å². The highest BCUT2D eigenvalue weighted by Crippen LogP contribution is 2.03. The van der Waals surface area contributed by atoms with Crippen LogP contribution in [0.4, 0.5) is 0 Å². The first-order valence-corrected chi connectivity index (χ1v) is 7.01. The number of nitrogens with zero attached hydrogens (tertiary/aromatic N) is 1. The lowest BCUT2D eigenvalue weighted by molar-refractivity contribution is -0.140. The van der Waals surface area contributed by atoms with Crippen LogP contribution in [-0.4, -0.2) is 60.8 Å². The first-order chi connectivity index (χ1) is 10.2. The number of carbonyl (C=O) groups is 2. The lowest BCUT2D eigenvalue weighted by atomic mass is 10.1. The molecule has 0 aromatic heterocycles. The summed E-state index contributed by atoms with van der Waals surface area (Å²) in [5.41, 5.74) is 0.866. The molecule has 114 valence electrons. The van der Waals surface area contributed by atoms with E-state index in [1.807, 2.05) is 30.3 Å². The Balaban J connectivity index is 1.88. The monoisotopic (exact) mass is 292 g/mol. The summed E-state index contributed by atoms with van der Waals surface area (Å²) < 4.78 is 5.18. The third-order valence-corrected chi connectivity index (χ3v) is 3.35. The molecule has 2 rings (SSSR count). The van der Waals surface area contributed by atoms with Gasteiger partial charge in [0.1, 0.15) is 6.04 Å². The van der Waals surface area contributed by atoms with Crippen LogP contribution in [0.3, 0.4) is 0 Å². The molecular formula is C15H20N2O4. The van der Waals surface area contributed by atoms with E-state index in [1.54, 1.807) is 4.90 Å². The molecule has 1 heterocycles. The van der Waals surface area contributed by atoms with Crippen molar-refractivity contribution >= 4 is 11.8 Å². The van der Waals surface area contributed by atoms with Crippen LogP contribution < -0.4 is 5.32 Å². The Kier molecular flexibility index (Phi) is 5.71. The molecule has 0 saturated carbocycles. The third-order valence-electron chi connectivity index (χ3n) is 3.35. The van der Waals surface area contributed by atoms with Crippen LogP contribution in [0.1, 0.15) is 5.56 Å². The van der Waals surface area contributed by atoms with Gasteiger partial charge in [-0.25, -0.2) is 0 Å². The van der Waals surface area contributed by atoms with E-state index in [2.05, 4.69) is 5.32 Å². The third kappa shape index (κ3) is 4.54. The largest absolute Gasteiger partial charge is 0.394 e. The molecule has 1 unspecified atom stereocenters. The maximum Gasteiger partial charge on any atom is 0.247 e. The molecule has 1 aromatic carbocycles. The highest BCUT2D eigenvalue weighted by Gasteiger charge is 2.26. The zero-order chi connectivity index (χ0) is 15.1. The van der Waals surface area contributed by atoms with Gasteiger partial charge >= 0.3 is 0 Å². The summed E-state index contributed by atoms with van der Waals surface area (Å²) in [4.78, 5) is 25.8. The van der Waals surface area contributed by atoms with Crippen LogP contribution in [-0.2, 0) is 20.7 Å². The van der Waals surface area contributed by atoms with Gasteiger partial charge in [-0.3, -0.25) is 9.59 Å². The molecular weight excluding hydrogens is 272 g/mol. The van der Waals surface area contributed by atoms with Crippen LogP contribution in [0, 0.1) is 0 Å². The SMILES string of the molecule is O=C(Cc1ccccc1)NC(CO)C(=O)N1CCOCC1. The number of aliphatic hydroxyl groups is 1. The van der Waals surface area contributed by atoms with Crippen molar-refractivity contribution in [3.63, 3.8) is 0 Å². The number of nitrogens with one attached hydrogen (secondary N) is 1. The Hall–Kier alpha value is -1.92. The minimum absolute atomic E-state index is 0.188. The van der Waals surface area contributed by atoms with Crippen molar-refractivity contribution in [2.75, 3.05) is 32.9 Å². The zero-order valence-corrected chi connectivity index (χ0v) is 11.8. The first-order valence-electron chi connectivity index (χ1n) is 7.01. The van der Waals surface area contributed by atoms with Crippen molar-refractivity contribution < 1.29 is 19.4 Å². The lowest BCUT2D eigenvalue weighted by Crippen LogP contribution is -2.53. The fraction of sp³-hybridized carbons (Fsp3) is 0.467. The molecule has 1 atom stereocenters. The molecule has 0 radical (unpaired) electrons. The van der Waals surface area contributed by atoms with E-state index in [0.29, 0.717) is 26.3 Å². The van der Waals surface area contributed by atoms with E-state index < -0.39 is 12.6 Å². The molecule has 6 nitrogen and oxygen atoms in total. The van der Waals surface area contributed by atoms with E-state index in [0.717, 1.165) is 5.56 Å². The summed E-state index contributed by atoms with van der Waals surface area (Å²) in [6.07, 6.45) is 0.188. The second-order valence-electron chi connectivity index (χ2n) is 4.90. The quantitative estimate of drug-likeness (QED) is 0.771. The lowest BCUT2D eigenvalue weighted by Gasteiger charge is -2.30. The maximum atomic E-state index is 12.2. The van der Waals surface area contributed by atoms with Gasteiger partial charge in [0.05, 0.1) is 26.2 Å². The van der Waals surface area contributed by atoms with Crippen molar-refractivity contribution in [1.29, 1.82) is 0 Å². The van der Waals surface area contributed by atoms with E-state index in [4.69, 9.17) is 4.74 Å². The van der Waals surface area contributed by atoms with Gasteiger partial charge in [0.25, 0.3) is 0 Å². The van der Waals surface area contributed by atoms with Crippen molar-refractivity contribution in [2.24, 2.45) is 0 Å². The summed E-state index contributed by atoms with van der Waals surface area (Å²) in [6, 6.07) is 8.38. The van der Waals surface area contributed by atoms with Crippen LogP contribution in [0.2, 0.25) is 0 Å². The van der Waals surface area contributed by atoms with E-state index >= 15 is 0 Å². The van der Waals surface area contributed by atoms with Crippen LogP contribution in [0.25, 0.3) is 0 Å². The minimum Gasteiger partial charge on any atom is -0.394 e. The number of ether oxygens (including phenoxy) is 1. The maximum absolute atomic E-state index is 12.2. The van der Waals surface area contributed by atoms with E-state index in [1.165, 1.54) is 0 Å². The van der Waals surface area contributed by atoms with Crippen LogP contribution in [0.15, 0.2) is 30.3 Å². The molecule has 1 aliphatic heterocycles. The van der Waals surface area contributed by atoms with E-state index in [9.17, 15) is 14.7 Å². The smallest absolute Gasteiger partial charge is 0.247 e. The fourth-order valence-corrected chi connectivity index (χ4v) is 2.22. The van der Waals surface area contributed by atoms with Crippen molar-refractivity contribution in [3.05, 3.63) is 35.9 Å². The Morgan fingerprint density at radius 3 is 2.52 bits per heavy atom. The molecule has 21 heavy (non-hydrogen) atoms. The van der Waals surface area contributed by atoms with Crippen molar-refractivity contribution in [3.8, 4) is 0 Å². The number of benzene rings is 1. The molecule has 6 heteroatoms. The molecule has 1 aromatic rings. The second-order valence-corrected chi connectivity index (χ2v) is 4.90. The molecule has 1 fully saturated rings. The predicted molar refractivity (Wildman–Crippen MR) is 76.6 cm³/mol. The zero-order valence-electron chi connectivity index (χ0n) is 11.8. The average molecular weight is 292 g/mol. The summed E-state index contributed by atoms with van der Waals surface area (Å²) >= 11 is 0. The van der Waals surface area contributed by atoms with Gasteiger partial charge in [-0.1, -0.05) is 30.3 Å². The van der Waals surface area contributed by atoms with Crippen LogP contribution in [0.5, 0.6) is 0 Å². The summed E-state index contributed by atoms with van der Waals surface area (Å²) in [5, 5.41) is 11.9. The summed E-state index contributed by atoms with van der Waals surface area (Å²) in [6.45, 7) is 1.55. The predicted octanol–water partition coefficient (Wildman–Crippen LogP) is -0.435. The van der Waals surface area contributed by atoms with Gasteiger partial charge in [-0.05, 0) is 5.56 Å². The van der Waals surface area contributed by atoms with Crippen molar-refractivity contribution in [2.45, 2.75) is 12.5 Å². The first kappa shape index (κ1) is 15.5. The normalized spacial score (nSPS) is 16.3. The number of rotatable bonds is 5. The topological polar surface area (TPSA) is 78.9 Å².